The van der Waals surface area contributed by atoms with Crippen molar-refractivity contribution in [1.29, 1.82) is 0 Å². The van der Waals surface area contributed by atoms with E-state index in [1.54, 1.807) is 30.5 Å². The van der Waals surface area contributed by atoms with Crippen molar-refractivity contribution in [3.8, 4) is 0 Å². The first-order chi connectivity index (χ1) is 9.13. The van der Waals surface area contributed by atoms with Crippen LogP contribution in [0.15, 0.2) is 42.6 Å². The molecule has 0 saturated heterocycles. The molecule has 1 heterocycles. The zero-order valence-corrected chi connectivity index (χ0v) is 10.5. The van der Waals surface area contributed by atoms with Crippen molar-refractivity contribution in [2.45, 2.75) is 13.5 Å². The van der Waals surface area contributed by atoms with Gasteiger partial charge in [0.2, 0.25) is 5.91 Å². The minimum Gasteiger partial charge on any atom is -0.366 e. The van der Waals surface area contributed by atoms with Crippen LogP contribution in [0.5, 0.6) is 0 Å². The second-order valence-electron chi connectivity index (χ2n) is 4.09. The van der Waals surface area contributed by atoms with Gasteiger partial charge in [-0.05, 0) is 29.8 Å². The summed E-state index contributed by atoms with van der Waals surface area (Å²) in [5.41, 5.74) is 1.62. The van der Waals surface area contributed by atoms with Gasteiger partial charge in [-0.3, -0.25) is 4.79 Å². The maximum atomic E-state index is 12.7. The van der Waals surface area contributed by atoms with Crippen molar-refractivity contribution in [3.63, 3.8) is 0 Å². The Morgan fingerprint density at radius 3 is 2.53 bits per heavy atom. The lowest BCUT2D eigenvalue weighted by Gasteiger charge is -2.07. The number of amides is 1. The highest BCUT2D eigenvalue weighted by molar-refractivity contribution is 5.88. The highest BCUT2D eigenvalue weighted by Gasteiger charge is 1.98. The van der Waals surface area contributed by atoms with E-state index >= 15 is 0 Å². The Balaban J connectivity index is 1.92. The monoisotopic (exact) mass is 259 g/mol. The topological polar surface area (TPSA) is 54.0 Å². The lowest BCUT2D eigenvalue weighted by Crippen LogP contribution is -2.06. The standard InChI is InChI=1S/C14H14FN3O/c1-10(19)18-13-6-7-14(17-9-13)16-8-11-2-4-12(15)5-3-11/h2-7,9H,8H2,1H3,(H,16,17)(H,18,19). The number of nitrogens with zero attached hydrogens (tertiary/aromatic N) is 1. The maximum absolute atomic E-state index is 12.7. The molecule has 2 N–H and O–H groups in total. The minimum absolute atomic E-state index is 0.131. The van der Waals surface area contributed by atoms with Gasteiger partial charge in [-0.2, -0.15) is 0 Å². The van der Waals surface area contributed by atoms with Crippen LogP contribution in [0.2, 0.25) is 0 Å². The molecule has 0 aliphatic carbocycles. The van der Waals surface area contributed by atoms with Gasteiger partial charge >= 0.3 is 0 Å². The average molecular weight is 259 g/mol. The Bertz CT molecular complexity index is 552. The first kappa shape index (κ1) is 13.0. The minimum atomic E-state index is -0.249. The number of halogens is 1. The number of aromatic nitrogens is 1. The first-order valence-corrected chi connectivity index (χ1v) is 5.85. The molecule has 1 amide bonds. The summed E-state index contributed by atoms with van der Waals surface area (Å²) in [6, 6.07) is 9.81. The van der Waals surface area contributed by atoms with Gasteiger partial charge in [0.15, 0.2) is 0 Å². The van der Waals surface area contributed by atoms with Gasteiger partial charge in [0, 0.05) is 13.5 Å². The molecular weight excluding hydrogens is 245 g/mol. The lowest BCUT2D eigenvalue weighted by atomic mass is 10.2. The van der Waals surface area contributed by atoms with E-state index in [9.17, 15) is 9.18 Å². The van der Waals surface area contributed by atoms with Crippen LogP contribution < -0.4 is 10.6 Å². The third-order valence-electron chi connectivity index (χ3n) is 2.47. The van der Waals surface area contributed by atoms with Gasteiger partial charge in [0.25, 0.3) is 0 Å². The second-order valence-corrected chi connectivity index (χ2v) is 4.09. The number of carbonyl (C=O) groups excluding carboxylic acids is 1. The van der Waals surface area contributed by atoms with Crippen molar-refractivity contribution < 1.29 is 9.18 Å². The van der Waals surface area contributed by atoms with Gasteiger partial charge in [-0.25, -0.2) is 9.37 Å². The van der Waals surface area contributed by atoms with Gasteiger partial charge in [0.05, 0.1) is 11.9 Å². The summed E-state index contributed by atoms with van der Waals surface area (Å²) < 4.78 is 12.7. The molecule has 1 aromatic heterocycles. The second kappa shape index (κ2) is 5.95. The van der Waals surface area contributed by atoms with E-state index in [0.29, 0.717) is 18.1 Å². The lowest BCUT2D eigenvalue weighted by molar-refractivity contribution is -0.114. The summed E-state index contributed by atoms with van der Waals surface area (Å²) in [5, 5.41) is 5.76. The molecular formula is C14H14FN3O. The molecule has 0 unspecified atom stereocenters. The normalized spacial score (nSPS) is 10.0. The molecule has 0 spiro atoms. The molecule has 19 heavy (non-hydrogen) atoms. The summed E-state index contributed by atoms with van der Waals surface area (Å²) in [4.78, 5) is 15.0. The molecule has 0 aliphatic rings. The summed E-state index contributed by atoms with van der Waals surface area (Å²) in [5.74, 6) is 0.314. The number of nitrogens with one attached hydrogen (secondary N) is 2. The van der Waals surface area contributed by atoms with Crippen LogP contribution in [0.4, 0.5) is 15.9 Å². The van der Waals surface area contributed by atoms with Crippen LogP contribution in [-0.2, 0) is 11.3 Å². The van der Waals surface area contributed by atoms with Crippen molar-refractivity contribution in [2.24, 2.45) is 0 Å². The number of pyridine rings is 1. The molecule has 98 valence electrons. The summed E-state index contributed by atoms with van der Waals surface area (Å²) in [6.07, 6.45) is 1.58. The van der Waals surface area contributed by atoms with E-state index in [4.69, 9.17) is 0 Å². The Kier molecular flexibility index (Phi) is 4.07. The van der Waals surface area contributed by atoms with E-state index < -0.39 is 0 Å². The fourth-order valence-corrected chi connectivity index (χ4v) is 1.57. The third kappa shape index (κ3) is 4.06. The number of benzene rings is 1. The van der Waals surface area contributed by atoms with Crippen molar-refractivity contribution in [3.05, 3.63) is 54.0 Å². The fraction of sp³-hybridized carbons (Fsp3) is 0.143. The number of anilines is 2. The molecule has 5 heteroatoms. The highest BCUT2D eigenvalue weighted by Crippen LogP contribution is 2.11. The van der Waals surface area contributed by atoms with Crippen LogP contribution >= 0.6 is 0 Å². The number of hydrogen-bond donors (Lipinski definition) is 2. The third-order valence-corrected chi connectivity index (χ3v) is 2.47. The number of rotatable bonds is 4. The molecule has 0 aliphatic heterocycles. The fourth-order valence-electron chi connectivity index (χ4n) is 1.57. The van der Waals surface area contributed by atoms with E-state index in [-0.39, 0.29) is 11.7 Å². The molecule has 0 fully saturated rings. The molecule has 4 nitrogen and oxygen atoms in total. The molecule has 0 saturated carbocycles. The van der Waals surface area contributed by atoms with Gasteiger partial charge in [-0.1, -0.05) is 12.1 Å². The Labute approximate surface area is 110 Å². The van der Waals surface area contributed by atoms with E-state index in [2.05, 4.69) is 15.6 Å². The van der Waals surface area contributed by atoms with Crippen LogP contribution in [0.3, 0.4) is 0 Å². The van der Waals surface area contributed by atoms with Crippen LogP contribution in [-0.4, -0.2) is 10.9 Å². The highest BCUT2D eigenvalue weighted by atomic mass is 19.1. The first-order valence-electron chi connectivity index (χ1n) is 5.85. The smallest absolute Gasteiger partial charge is 0.221 e. The van der Waals surface area contributed by atoms with Gasteiger partial charge in [-0.15, -0.1) is 0 Å². The summed E-state index contributed by atoms with van der Waals surface area (Å²) in [6.45, 7) is 2.01. The predicted molar refractivity (Wildman–Crippen MR) is 72.3 cm³/mol. The summed E-state index contributed by atoms with van der Waals surface area (Å²) in [7, 11) is 0. The maximum Gasteiger partial charge on any atom is 0.221 e. The molecule has 0 bridgehead atoms. The van der Waals surface area contributed by atoms with E-state index in [1.807, 2.05) is 0 Å². The van der Waals surface area contributed by atoms with Crippen LogP contribution in [0.1, 0.15) is 12.5 Å². The Hall–Kier alpha value is -2.43. The van der Waals surface area contributed by atoms with Crippen LogP contribution in [0.25, 0.3) is 0 Å². The zero-order chi connectivity index (χ0) is 13.7. The zero-order valence-electron chi connectivity index (χ0n) is 10.5. The van der Waals surface area contributed by atoms with E-state index in [0.717, 1.165) is 5.56 Å². The van der Waals surface area contributed by atoms with E-state index in [1.165, 1.54) is 19.1 Å². The molecule has 0 radical (unpaired) electrons. The molecule has 0 atom stereocenters. The number of carbonyl (C=O) groups is 1. The van der Waals surface area contributed by atoms with Gasteiger partial charge in [0.1, 0.15) is 11.6 Å². The van der Waals surface area contributed by atoms with Crippen molar-refractivity contribution >= 4 is 17.4 Å². The average Bonchev–Trinajstić information content (AvgIpc) is 2.39. The molecule has 1 aromatic carbocycles. The summed E-state index contributed by atoms with van der Waals surface area (Å²) >= 11 is 0. The van der Waals surface area contributed by atoms with Crippen molar-refractivity contribution in [1.82, 2.24) is 4.98 Å². The quantitative estimate of drug-likeness (QED) is 0.887. The number of hydrogen-bond acceptors (Lipinski definition) is 3. The Morgan fingerprint density at radius 1 is 1.21 bits per heavy atom. The predicted octanol–water partition coefficient (Wildman–Crippen LogP) is 2.79. The van der Waals surface area contributed by atoms with Crippen molar-refractivity contribution in [2.75, 3.05) is 10.6 Å². The molecule has 2 rings (SSSR count). The Morgan fingerprint density at radius 2 is 1.95 bits per heavy atom. The molecule has 2 aromatic rings. The van der Waals surface area contributed by atoms with Crippen LogP contribution in [0, 0.1) is 5.82 Å². The largest absolute Gasteiger partial charge is 0.366 e. The van der Waals surface area contributed by atoms with Gasteiger partial charge < -0.3 is 10.6 Å². The SMILES string of the molecule is CC(=O)Nc1ccc(NCc2ccc(F)cc2)nc1.